The number of aliphatic hydroxyl groups is 7. The van der Waals surface area contributed by atoms with Gasteiger partial charge in [-0.1, -0.05) is 118 Å². The van der Waals surface area contributed by atoms with Gasteiger partial charge < -0.3 is 104 Å². The average molecular weight is 1750 g/mol. The normalized spacial score (nSPS) is 28.9. The fourth-order valence-corrected chi connectivity index (χ4v) is 19.9. The summed E-state index contributed by atoms with van der Waals surface area (Å²) in [6.45, 7) is 10.5. The largest absolute Gasteiger partial charge is 0.507 e. The fourth-order valence-electron chi connectivity index (χ4n) is 19.9. The van der Waals surface area contributed by atoms with Crippen molar-refractivity contribution in [3.05, 3.63) is 234 Å². The number of benzene rings is 6. The molecule has 0 unspecified atom stereocenters. The minimum absolute atomic E-state index is 0.00289. The number of carbonyl (C=O) groups excluding carboxylic acids is 10. The Hall–Kier alpha value is -12.1. The molecule has 6 heterocycles. The van der Waals surface area contributed by atoms with Crippen LogP contribution in [0.3, 0.4) is 0 Å². The highest BCUT2D eigenvalue weighted by molar-refractivity contribution is 6.31. The number of nitrogens with one attached hydrogen (secondary N) is 1. The Morgan fingerprint density at radius 2 is 1.40 bits per heavy atom. The Morgan fingerprint density at radius 3 is 2.03 bits per heavy atom. The Kier molecular flexibility index (Phi) is 23.9. The van der Waals surface area contributed by atoms with Gasteiger partial charge in [0, 0.05) is 96.2 Å². The lowest BCUT2D eigenvalue weighted by atomic mass is 9.44. The number of methoxy groups -OCH3 is 1. The van der Waals surface area contributed by atoms with Gasteiger partial charge in [-0.15, -0.1) is 0 Å². The summed E-state index contributed by atoms with van der Waals surface area (Å²) in [7, 11) is 1.32. The maximum atomic E-state index is 15.5. The number of esters is 5. The molecule has 8 aromatic rings. The summed E-state index contributed by atoms with van der Waals surface area (Å²) in [4.78, 5) is 153. The molecule has 12 N–H and O–H groups in total. The summed E-state index contributed by atoms with van der Waals surface area (Å²) in [5.41, 5.74) is -2.83. The van der Waals surface area contributed by atoms with E-state index in [1.165, 1.54) is 51.3 Å². The zero-order chi connectivity index (χ0) is 91.4. The molecular formula is C94H96N4O29. The molecule has 127 heavy (non-hydrogen) atoms. The van der Waals surface area contributed by atoms with E-state index in [0.717, 1.165) is 36.0 Å². The number of phenols is 2. The monoisotopic (exact) mass is 1740 g/mol. The summed E-state index contributed by atoms with van der Waals surface area (Å²) in [6, 6.07) is 38.1. The van der Waals surface area contributed by atoms with E-state index in [9.17, 15) is 93.9 Å². The zero-order valence-electron chi connectivity index (χ0n) is 70.6. The molecule has 0 spiro atoms. The number of carbonyl (C=O) groups is 10. The van der Waals surface area contributed by atoms with Gasteiger partial charge in [0.1, 0.15) is 60.0 Å². The van der Waals surface area contributed by atoms with Crippen LogP contribution in [0, 0.1) is 16.7 Å². The van der Waals surface area contributed by atoms with Crippen LogP contribution in [0.2, 0.25) is 0 Å². The number of amides is 1. The molecule has 2 saturated heterocycles. The summed E-state index contributed by atoms with van der Waals surface area (Å²) < 4.78 is 54.0. The van der Waals surface area contributed by atoms with Crippen molar-refractivity contribution in [2.24, 2.45) is 22.5 Å². The van der Waals surface area contributed by atoms with Crippen LogP contribution < -0.4 is 21.3 Å². The third kappa shape index (κ3) is 15.0. The highest BCUT2D eigenvalue weighted by atomic mass is 16.7. The zero-order valence-corrected chi connectivity index (χ0v) is 70.6. The molecule has 1 amide bonds. The first-order valence-electron chi connectivity index (χ1n) is 41.5. The van der Waals surface area contributed by atoms with Gasteiger partial charge in [0.25, 0.3) is 11.5 Å². The quantitative estimate of drug-likeness (QED) is 0.0235. The molecule has 33 nitrogen and oxygen atoms in total. The van der Waals surface area contributed by atoms with Crippen molar-refractivity contribution in [3.8, 4) is 28.6 Å². The maximum absolute atomic E-state index is 15.5. The summed E-state index contributed by atoms with van der Waals surface area (Å²) >= 11 is 0. The first-order valence-corrected chi connectivity index (χ1v) is 41.5. The SMILES string of the molecule is CC(=O)O[C@H]1C(=O)[C@@]2(C)[C@H]([C@H](OC(=O)c3ccccc3)[C@]3(O)C[C@H](OC(=O)[C@H](O)[C@@H](NC(=O)c4ccccc4)c4ccccc4)C(C)=C1C3(C)C)[C@]1(OC(C)=O)CO[C@@H]1C[C@@H]2O.CC[C@@]1(O)C(=O)OCc2c1cc1n(c2=O)Cc2cc3ccccc3nc2-1.COc1cccc2c1C(=O)c1c(O)c3c(c(O)c1C2=O)C[C@@](O)(C(=O)CO)C[C@@H]3O[C@H]1C[C@H](N)[C@H](O)[C@H](C)O1. The molecule has 2 bridgehead atoms. The summed E-state index contributed by atoms with van der Waals surface area (Å²) in [5, 5.41) is 106. The number of nitrogens with two attached hydrogens (primary N) is 1. The van der Waals surface area contributed by atoms with E-state index in [1.54, 1.807) is 117 Å². The van der Waals surface area contributed by atoms with Crippen LogP contribution in [-0.4, -0.2) is 213 Å². The number of hydrogen-bond acceptors (Lipinski definition) is 31. The van der Waals surface area contributed by atoms with Crippen LogP contribution >= 0.6 is 0 Å². The lowest BCUT2D eigenvalue weighted by Crippen LogP contribution is -2.82. The van der Waals surface area contributed by atoms with Crippen molar-refractivity contribution in [2.75, 3.05) is 20.3 Å². The third-order valence-electron chi connectivity index (χ3n) is 26.7. The summed E-state index contributed by atoms with van der Waals surface area (Å²) in [6.07, 6.45) is -15.5. The average Bonchev–Trinajstić information content (AvgIpc) is 1.03. The number of Topliss-reactive ketones (excluding diaryl/α,β-unsaturated/α-hetero) is 2. The number of nitrogens with zero attached hydrogens (tertiary/aromatic N) is 2. The lowest BCUT2D eigenvalue weighted by molar-refractivity contribution is -0.346. The van der Waals surface area contributed by atoms with Gasteiger partial charge in [0.2, 0.25) is 5.78 Å². The predicted octanol–water partition coefficient (Wildman–Crippen LogP) is 5.82. The number of cyclic esters (lactones) is 1. The second kappa shape index (κ2) is 33.9. The molecule has 2 aromatic heterocycles. The van der Waals surface area contributed by atoms with Crippen LogP contribution in [0.25, 0.3) is 22.3 Å². The molecule has 666 valence electrons. The number of hydrogen-bond donors (Lipinski definition) is 11. The molecule has 2 saturated carbocycles. The minimum atomic E-state index is -2.39. The van der Waals surface area contributed by atoms with Crippen LogP contribution in [0.5, 0.6) is 17.2 Å². The summed E-state index contributed by atoms with van der Waals surface area (Å²) in [5.74, 6) is -11.3. The lowest BCUT2D eigenvalue weighted by Gasteiger charge is -2.67. The smallest absolute Gasteiger partial charge is 0.343 e. The van der Waals surface area contributed by atoms with Crippen LogP contribution in [0.1, 0.15) is 186 Å². The van der Waals surface area contributed by atoms with Gasteiger partial charge in [0.15, 0.2) is 47.0 Å². The molecule has 6 aromatic carbocycles. The minimum Gasteiger partial charge on any atom is -0.507 e. The van der Waals surface area contributed by atoms with Gasteiger partial charge in [-0.05, 0) is 92.4 Å². The molecule has 5 aliphatic carbocycles. The number of aromatic hydroxyl groups is 2. The molecule has 18 atom stereocenters. The molecule has 4 fully saturated rings. The first-order chi connectivity index (χ1) is 60.2. The molecule has 4 aliphatic heterocycles. The van der Waals surface area contributed by atoms with Crippen LogP contribution in [-0.2, 0) is 91.8 Å². The number of pyridine rings is 2. The predicted molar refractivity (Wildman–Crippen MR) is 444 cm³/mol. The Balaban J connectivity index is 0.000000161. The van der Waals surface area contributed by atoms with Crippen molar-refractivity contribution >= 4 is 69.8 Å². The highest BCUT2D eigenvalue weighted by Crippen LogP contribution is 2.65. The van der Waals surface area contributed by atoms with Crippen LogP contribution in [0.15, 0.2) is 162 Å². The Labute approximate surface area is 725 Å². The number of ether oxygens (including phenoxy) is 9. The third-order valence-corrected chi connectivity index (χ3v) is 26.7. The molecule has 17 rings (SSSR count). The van der Waals surface area contributed by atoms with Crippen molar-refractivity contribution in [1.82, 2.24) is 14.9 Å². The Morgan fingerprint density at radius 1 is 0.748 bits per heavy atom. The topological polar surface area (TPSA) is 509 Å². The maximum Gasteiger partial charge on any atom is 0.343 e. The molecular weight excluding hydrogens is 1650 g/mol. The van der Waals surface area contributed by atoms with Gasteiger partial charge in [0.05, 0.1) is 107 Å². The van der Waals surface area contributed by atoms with Crippen molar-refractivity contribution in [3.63, 3.8) is 0 Å². The van der Waals surface area contributed by atoms with Gasteiger partial charge in [-0.3, -0.25) is 38.4 Å². The van der Waals surface area contributed by atoms with Crippen LogP contribution in [0.4, 0.5) is 0 Å². The number of aliphatic hydroxyl groups excluding tert-OH is 4. The van der Waals surface area contributed by atoms with E-state index in [0.29, 0.717) is 28.9 Å². The highest BCUT2D eigenvalue weighted by Gasteiger charge is 2.79. The Bertz CT molecular complexity index is 5930. The molecule has 0 radical (unpaired) electrons. The van der Waals surface area contributed by atoms with Crippen molar-refractivity contribution in [1.29, 1.82) is 0 Å². The number of phenolic OH excluding ortho intramolecular Hbond substituents is 2. The van der Waals surface area contributed by atoms with E-state index >= 15 is 4.79 Å². The number of ketones is 4. The second-order valence-electron chi connectivity index (χ2n) is 34.3. The first kappa shape index (κ1) is 89.7. The van der Waals surface area contributed by atoms with E-state index in [4.69, 9.17) is 53.3 Å². The van der Waals surface area contributed by atoms with E-state index < -0.39 is 220 Å². The number of fused-ring (bicyclic) bond motifs is 13. The van der Waals surface area contributed by atoms with Crippen molar-refractivity contribution < 1.29 is 137 Å². The number of rotatable bonds is 16. The van der Waals surface area contributed by atoms with E-state index in [-0.39, 0.29) is 88.3 Å². The van der Waals surface area contributed by atoms with Crippen molar-refractivity contribution in [2.45, 2.75) is 203 Å². The van der Waals surface area contributed by atoms with Gasteiger partial charge in [-0.2, -0.15) is 0 Å². The molecule has 33 heteroatoms. The number of aromatic nitrogens is 2. The molecule has 9 aliphatic rings. The fraction of sp³-hybridized carbons (Fsp3) is 0.404. The van der Waals surface area contributed by atoms with E-state index in [2.05, 4.69) is 5.32 Å². The standard InChI is InChI=1S/C47H51NO14.C27H29NO11.C20H16N2O4/c1-25-31(60-43(56)36(52)35(28-16-10-7-11-17-28)48-41(54)29-18-12-8-13-19-29)23-47(57)40(61-42(55)30-20-14-9-15-21-30)38-45(6,32(51)22-33-46(38,24-58-33)62-27(3)50)39(53)37(59-26(2)49)34(25)44(47,4)5;1-10-22(31)13(28)6-17(38-10)39-15-8-27(36,16(30)9-29)7-12-19(15)26(35)21-20(24(12)33)23(32)11-4-3-5-14(37-2)18(11)25(21)34;1-2-20(25)14-8-16-17-12(7-11-5-3-4-6-15(11)21-17)9-22(16)18(23)13(14)10-26-19(20)24/h7-21,31-33,35-38,40,51-52,57H,22-24H2,1-6H3,(H,48,54);3-5,10,13,15,17,22,29,31,33,35-36H,6-9,28H2,1-2H3;3-8,25H,2,9-10H2,1H3/t31-,32-,33+,35-,36+,37+,38-,40-,45+,46-,47+;10-,13-,15-,17-,22+,27-;20-/m000/s1. The second-order valence-corrected chi connectivity index (χ2v) is 34.3. The van der Waals surface area contributed by atoms with Gasteiger partial charge in [-0.25, -0.2) is 19.4 Å². The van der Waals surface area contributed by atoms with E-state index in [1.807, 2.05) is 30.3 Å². The number of para-hydroxylation sites is 1. The van der Waals surface area contributed by atoms with Gasteiger partial charge >= 0.3 is 29.8 Å².